The van der Waals surface area contributed by atoms with Crippen LogP contribution in [0.1, 0.15) is 31.4 Å². The number of carbonyl (C=O) groups is 2. The van der Waals surface area contributed by atoms with Gasteiger partial charge in [-0.1, -0.05) is 55.5 Å². The summed E-state index contributed by atoms with van der Waals surface area (Å²) in [5.41, 5.74) is 3.39. The van der Waals surface area contributed by atoms with Gasteiger partial charge in [0.05, 0.1) is 6.54 Å². The summed E-state index contributed by atoms with van der Waals surface area (Å²) in [6.07, 6.45) is 3.62. The molecule has 3 rings (SSSR count). The molecule has 1 heterocycles. The van der Waals surface area contributed by atoms with E-state index < -0.39 is 0 Å². The number of amides is 2. The van der Waals surface area contributed by atoms with Crippen molar-refractivity contribution in [1.82, 2.24) is 14.8 Å². The molecule has 0 aliphatic rings. The smallest absolute Gasteiger partial charge is 0.242 e. The van der Waals surface area contributed by atoms with Crippen LogP contribution < -0.4 is 0 Å². The quantitative estimate of drug-likeness (QED) is 0.599. The Morgan fingerprint density at radius 3 is 2.38 bits per heavy atom. The summed E-state index contributed by atoms with van der Waals surface area (Å²) in [6.45, 7) is 5.41. The minimum Gasteiger partial charge on any atom is -0.361 e. The lowest BCUT2D eigenvalue weighted by molar-refractivity contribution is -0.139. The Balaban J connectivity index is 1.75. The summed E-state index contributed by atoms with van der Waals surface area (Å²) in [5.74, 6) is -0.0752. The number of aromatic amines is 1. The van der Waals surface area contributed by atoms with E-state index in [2.05, 4.69) is 17.1 Å². The number of aromatic nitrogens is 1. The molecule has 5 nitrogen and oxygen atoms in total. The number of para-hydroxylation sites is 1. The number of fused-ring (bicyclic) bond motifs is 1. The lowest BCUT2D eigenvalue weighted by atomic mass is 10.1. The van der Waals surface area contributed by atoms with Crippen molar-refractivity contribution in [2.75, 3.05) is 19.6 Å². The molecule has 0 saturated heterocycles. The second-order valence-electron chi connectivity index (χ2n) is 7.35. The second-order valence-corrected chi connectivity index (χ2v) is 7.35. The third kappa shape index (κ3) is 5.47. The number of carbonyl (C=O) groups excluding carboxylic acids is 2. The van der Waals surface area contributed by atoms with Crippen LogP contribution in [-0.2, 0) is 22.6 Å². The Kier molecular flexibility index (Phi) is 7.06. The van der Waals surface area contributed by atoms with E-state index in [0.29, 0.717) is 19.6 Å². The summed E-state index contributed by atoms with van der Waals surface area (Å²) < 4.78 is 0. The summed E-state index contributed by atoms with van der Waals surface area (Å²) in [7, 11) is 0. The zero-order valence-electron chi connectivity index (χ0n) is 17.2. The van der Waals surface area contributed by atoms with E-state index in [9.17, 15) is 9.59 Å². The average Bonchev–Trinajstić information content (AvgIpc) is 3.14. The molecule has 0 aliphatic carbocycles. The van der Waals surface area contributed by atoms with Gasteiger partial charge >= 0.3 is 0 Å². The molecule has 1 N–H and O–H groups in total. The fourth-order valence-electron chi connectivity index (χ4n) is 3.57. The van der Waals surface area contributed by atoms with Crippen LogP contribution >= 0.6 is 0 Å². The summed E-state index contributed by atoms with van der Waals surface area (Å²) >= 11 is 0. The van der Waals surface area contributed by atoms with E-state index in [1.54, 1.807) is 4.90 Å². The van der Waals surface area contributed by atoms with Crippen LogP contribution in [0.5, 0.6) is 0 Å². The molecular formula is C24H29N3O2. The number of hydrogen-bond acceptors (Lipinski definition) is 2. The zero-order chi connectivity index (χ0) is 20.6. The summed E-state index contributed by atoms with van der Waals surface area (Å²) in [6, 6.07) is 18.2. The van der Waals surface area contributed by atoms with Crippen molar-refractivity contribution in [2.24, 2.45) is 0 Å². The van der Waals surface area contributed by atoms with Gasteiger partial charge in [-0.2, -0.15) is 0 Å². The first-order valence-corrected chi connectivity index (χ1v) is 10.2. The second kappa shape index (κ2) is 9.92. The highest BCUT2D eigenvalue weighted by molar-refractivity contribution is 5.84. The van der Waals surface area contributed by atoms with Crippen molar-refractivity contribution in [3.8, 4) is 0 Å². The third-order valence-corrected chi connectivity index (χ3v) is 5.16. The Morgan fingerprint density at radius 1 is 0.931 bits per heavy atom. The third-order valence-electron chi connectivity index (χ3n) is 5.16. The van der Waals surface area contributed by atoms with Gasteiger partial charge in [0, 0.05) is 43.7 Å². The van der Waals surface area contributed by atoms with Crippen LogP contribution in [-0.4, -0.2) is 46.2 Å². The van der Waals surface area contributed by atoms with E-state index in [-0.39, 0.29) is 18.4 Å². The van der Waals surface area contributed by atoms with Gasteiger partial charge in [0.25, 0.3) is 0 Å². The molecule has 0 bridgehead atoms. The predicted molar refractivity (Wildman–Crippen MR) is 116 cm³/mol. The Hall–Kier alpha value is -3.08. The van der Waals surface area contributed by atoms with Crippen LogP contribution in [0, 0.1) is 0 Å². The van der Waals surface area contributed by atoms with Gasteiger partial charge in [-0.25, -0.2) is 0 Å². The fourth-order valence-corrected chi connectivity index (χ4v) is 3.57. The summed E-state index contributed by atoms with van der Waals surface area (Å²) in [4.78, 5) is 31.8. The summed E-state index contributed by atoms with van der Waals surface area (Å²) in [5, 5.41) is 1.19. The first-order valence-electron chi connectivity index (χ1n) is 10.2. The van der Waals surface area contributed by atoms with Crippen molar-refractivity contribution in [3.63, 3.8) is 0 Å². The van der Waals surface area contributed by atoms with Crippen molar-refractivity contribution in [3.05, 3.63) is 71.9 Å². The zero-order valence-corrected chi connectivity index (χ0v) is 17.2. The SMILES string of the molecule is CCCN(CC(=O)N(CCc1c[nH]c2ccccc12)Cc1ccccc1)C(C)=O. The molecule has 2 aromatic carbocycles. The number of nitrogens with one attached hydrogen (secondary N) is 1. The van der Waals surface area contributed by atoms with Crippen molar-refractivity contribution in [1.29, 1.82) is 0 Å². The molecule has 0 saturated carbocycles. The minimum atomic E-state index is -0.0588. The van der Waals surface area contributed by atoms with E-state index in [1.165, 1.54) is 17.9 Å². The van der Waals surface area contributed by atoms with E-state index in [0.717, 1.165) is 23.9 Å². The van der Waals surface area contributed by atoms with Crippen LogP contribution in [0.15, 0.2) is 60.8 Å². The van der Waals surface area contributed by atoms with Gasteiger partial charge in [0.15, 0.2) is 0 Å². The maximum atomic E-state index is 13.1. The van der Waals surface area contributed by atoms with Gasteiger partial charge in [-0.3, -0.25) is 9.59 Å². The van der Waals surface area contributed by atoms with E-state index in [1.807, 2.05) is 60.5 Å². The van der Waals surface area contributed by atoms with Crippen LogP contribution in [0.3, 0.4) is 0 Å². The Bertz CT molecular complexity index is 949. The maximum Gasteiger partial charge on any atom is 0.242 e. The lowest BCUT2D eigenvalue weighted by Gasteiger charge is -2.27. The van der Waals surface area contributed by atoms with Gasteiger partial charge in [0.1, 0.15) is 0 Å². The molecule has 1 aromatic heterocycles. The molecule has 0 aliphatic heterocycles. The molecule has 0 radical (unpaired) electrons. The monoisotopic (exact) mass is 391 g/mol. The molecule has 29 heavy (non-hydrogen) atoms. The van der Waals surface area contributed by atoms with Gasteiger partial charge in [0.2, 0.25) is 11.8 Å². The van der Waals surface area contributed by atoms with Crippen molar-refractivity contribution >= 4 is 22.7 Å². The number of benzene rings is 2. The number of nitrogens with zero attached hydrogens (tertiary/aromatic N) is 2. The molecule has 152 valence electrons. The maximum absolute atomic E-state index is 13.1. The molecule has 5 heteroatoms. The van der Waals surface area contributed by atoms with Gasteiger partial charge in [-0.15, -0.1) is 0 Å². The number of hydrogen-bond donors (Lipinski definition) is 1. The number of H-pyrrole nitrogens is 1. The highest BCUT2D eigenvalue weighted by atomic mass is 16.2. The fraction of sp³-hybridized carbons (Fsp3) is 0.333. The minimum absolute atomic E-state index is 0.0163. The topological polar surface area (TPSA) is 56.4 Å². The lowest BCUT2D eigenvalue weighted by Crippen LogP contribution is -2.43. The Labute approximate surface area is 172 Å². The highest BCUT2D eigenvalue weighted by Crippen LogP contribution is 2.19. The standard InChI is InChI=1S/C24H29N3O2/c1-3-14-26(19(2)28)18-24(29)27(17-20-9-5-4-6-10-20)15-13-21-16-25-23-12-8-7-11-22(21)23/h4-12,16,25H,3,13-15,17-18H2,1-2H3. The van der Waals surface area contributed by atoms with Gasteiger partial charge in [-0.05, 0) is 30.0 Å². The van der Waals surface area contributed by atoms with Crippen LogP contribution in [0.25, 0.3) is 10.9 Å². The molecule has 0 spiro atoms. The highest BCUT2D eigenvalue weighted by Gasteiger charge is 2.19. The van der Waals surface area contributed by atoms with Crippen LogP contribution in [0.2, 0.25) is 0 Å². The van der Waals surface area contributed by atoms with E-state index >= 15 is 0 Å². The molecular weight excluding hydrogens is 362 g/mol. The molecule has 2 amide bonds. The molecule has 0 unspecified atom stereocenters. The van der Waals surface area contributed by atoms with Crippen molar-refractivity contribution in [2.45, 2.75) is 33.2 Å². The Morgan fingerprint density at radius 2 is 1.66 bits per heavy atom. The molecule has 3 aromatic rings. The predicted octanol–water partition coefficient (Wildman–Crippen LogP) is 4.00. The molecule has 0 fully saturated rings. The normalized spacial score (nSPS) is 10.8. The largest absolute Gasteiger partial charge is 0.361 e. The first-order chi connectivity index (χ1) is 14.1. The average molecular weight is 392 g/mol. The molecule has 0 atom stereocenters. The number of rotatable bonds is 9. The van der Waals surface area contributed by atoms with Crippen molar-refractivity contribution < 1.29 is 9.59 Å². The first kappa shape index (κ1) is 20.6. The van der Waals surface area contributed by atoms with Crippen LogP contribution in [0.4, 0.5) is 0 Å². The van der Waals surface area contributed by atoms with Gasteiger partial charge < -0.3 is 14.8 Å². The van der Waals surface area contributed by atoms with E-state index in [4.69, 9.17) is 0 Å².